The summed E-state index contributed by atoms with van der Waals surface area (Å²) in [5.74, 6) is 0. The number of carbonyl (C=O) groups excluding carboxylic acids is 1. The summed E-state index contributed by atoms with van der Waals surface area (Å²) in [6, 6.07) is 9.15. The number of hydrogen-bond acceptors (Lipinski definition) is 2. The van der Waals surface area contributed by atoms with Crippen molar-refractivity contribution < 1.29 is 9.53 Å². The fourth-order valence-electron chi connectivity index (χ4n) is 0.864. The van der Waals surface area contributed by atoms with E-state index in [4.69, 9.17) is 4.74 Å². The summed E-state index contributed by atoms with van der Waals surface area (Å²) in [4.78, 5) is 11.1. The number of rotatable bonds is 3. The van der Waals surface area contributed by atoms with Gasteiger partial charge in [-0.3, -0.25) is 5.32 Å². The number of para-hydroxylation sites is 1. The summed E-state index contributed by atoms with van der Waals surface area (Å²) >= 11 is 0. The number of ether oxygens (including phenoxy) is 1. The van der Waals surface area contributed by atoms with Gasteiger partial charge in [-0.25, -0.2) is 4.79 Å². The summed E-state index contributed by atoms with van der Waals surface area (Å²) < 4.78 is 4.86. The van der Waals surface area contributed by atoms with Crippen LogP contribution in [0, 0.1) is 0 Å². The van der Waals surface area contributed by atoms with Gasteiger partial charge in [0.05, 0.1) is 0 Å². The molecular weight excluding hydrogens is 178 g/mol. The first-order valence-corrected chi connectivity index (χ1v) is 4.31. The molecule has 1 N–H and O–H groups in total. The number of hydrogen-bond donors (Lipinski definition) is 1. The fourth-order valence-corrected chi connectivity index (χ4v) is 0.864. The molecule has 3 heteroatoms. The molecule has 1 amide bonds. The van der Waals surface area contributed by atoms with Crippen molar-refractivity contribution in [1.82, 2.24) is 0 Å². The van der Waals surface area contributed by atoms with Gasteiger partial charge in [-0.2, -0.15) is 0 Å². The van der Waals surface area contributed by atoms with Crippen LogP contribution in [0.15, 0.2) is 42.5 Å². The van der Waals surface area contributed by atoms with Crippen molar-refractivity contribution in [3.05, 3.63) is 42.5 Å². The highest BCUT2D eigenvalue weighted by Crippen LogP contribution is 2.05. The zero-order valence-electron chi connectivity index (χ0n) is 8.12. The predicted octanol–water partition coefficient (Wildman–Crippen LogP) is 2.81. The zero-order valence-corrected chi connectivity index (χ0v) is 8.12. The van der Waals surface area contributed by atoms with Crippen molar-refractivity contribution >= 4 is 11.8 Å². The van der Waals surface area contributed by atoms with Crippen molar-refractivity contribution in [2.75, 3.05) is 11.9 Å². The van der Waals surface area contributed by atoms with Gasteiger partial charge in [-0.05, 0) is 24.6 Å². The normalized spacial score (nSPS) is 9.21. The lowest BCUT2D eigenvalue weighted by Crippen LogP contribution is -2.14. The molecule has 3 nitrogen and oxygen atoms in total. The first-order valence-electron chi connectivity index (χ1n) is 4.31. The molecule has 0 unspecified atom stereocenters. The highest BCUT2D eigenvalue weighted by molar-refractivity contribution is 5.84. The zero-order chi connectivity index (χ0) is 10.4. The van der Waals surface area contributed by atoms with E-state index < -0.39 is 6.09 Å². The standard InChI is InChI=1S/C11H13NO2/c1-9(2)8-14-11(13)12-10-6-4-3-5-7-10/h3-7H,1,8H2,2H3,(H,12,13). The lowest BCUT2D eigenvalue weighted by molar-refractivity contribution is 0.171. The molecule has 0 fully saturated rings. The molecule has 0 radical (unpaired) electrons. The lowest BCUT2D eigenvalue weighted by atomic mass is 10.3. The van der Waals surface area contributed by atoms with Crippen molar-refractivity contribution in [1.29, 1.82) is 0 Å². The Morgan fingerprint density at radius 1 is 1.43 bits per heavy atom. The summed E-state index contributed by atoms with van der Waals surface area (Å²) in [7, 11) is 0. The van der Waals surface area contributed by atoms with Crippen LogP contribution in [0.2, 0.25) is 0 Å². The minimum Gasteiger partial charge on any atom is -0.445 e. The van der Waals surface area contributed by atoms with E-state index in [1.807, 2.05) is 18.2 Å². The lowest BCUT2D eigenvalue weighted by Gasteiger charge is -2.05. The van der Waals surface area contributed by atoms with Gasteiger partial charge >= 0.3 is 6.09 Å². The Morgan fingerprint density at radius 3 is 2.64 bits per heavy atom. The van der Waals surface area contributed by atoms with Crippen molar-refractivity contribution in [3.63, 3.8) is 0 Å². The van der Waals surface area contributed by atoms with E-state index in [2.05, 4.69) is 11.9 Å². The van der Waals surface area contributed by atoms with Crippen LogP contribution in [0.25, 0.3) is 0 Å². The largest absolute Gasteiger partial charge is 0.445 e. The van der Waals surface area contributed by atoms with Crippen LogP contribution >= 0.6 is 0 Å². The van der Waals surface area contributed by atoms with Gasteiger partial charge in [0.1, 0.15) is 6.61 Å². The second-order valence-electron chi connectivity index (χ2n) is 3.02. The third kappa shape index (κ3) is 3.76. The van der Waals surface area contributed by atoms with Crippen LogP contribution in [-0.4, -0.2) is 12.7 Å². The van der Waals surface area contributed by atoms with Crippen LogP contribution in [0.5, 0.6) is 0 Å². The molecular formula is C11H13NO2. The molecule has 0 aliphatic heterocycles. The van der Waals surface area contributed by atoms with Gasteiger partial charge in [-0.15, -0.1) is 0 Å². The minimum atomic E-state index is -0.459. The first-order chi connectivity index (χ1) is 6.68. The average molecular weight is 191 g/mol. The van der Waals surface area contributed by atoms with Crippen LogP contribution in [0.4, 0.5) is 10.5 Å². The molecule has 0 aromatic heterocycles. The molecule has 0 spiro atoms. The molecule has 0 aliphatic carbocycles. The Bertz CT molecular complexity index is 319. The average Bonchev–Trinajstić information content (AvgIpc) is 2.16. The van der Waals surface area contributed by atoms with Crippen molar-refractivity contribution in [3.8, 4) is 0 Å². The van der Waals surface area contributed by atoms with Crippen LogP contribution in [0.3, 0.4) is 0 Å². The Balaban J connectivity index is 2.38. The maximum atomic E-state index is 11.1. The highest BCUT2D eigenvalue weighted by atomic mass is 16.5. The molecule has 1 rings (SSSR count). The van der Waals surface area contributed by atoms with Crippen LogP contribution in [0.1, 0.15) is 6.92 Å². The Labute approximate surface area is 83.4 Å². The van der Waals surface area contributed by atoms with Crippen molar-refractivity contribution in [2.24, 2.45) is 0 Å². The van der Waals surface area contributed by atoms with Crippen molar-refractivity contribution in [2.45, 2.75) is 6.92 Å². The summed E-state index contributed by atoms with van der Waals surface area (Å²) in [5.41, 5.74) is 1.53. The van der Waals surface area contributed by atoms with Gasteiger partial charge in [0.25, 0.3) is 0 Å². The van der Waals surface area contributed by atoms with E-state index in [1.165, 1.54) is 0 Å². The Morgan fingerprint density at radius 2 is 2.07 bits per heavy atom. The number of carbonyl (C=O) groups is 1. The second kappa shape index (κ2) is 5.07. The van der Waals surface area contributed by atoms with E-state index in [9.17, 15) is 4.79 Å². The monoisotopic (exact) mass is 191 g/mol. The second-order valence-corrected chi connectivity index (χ2v) is 3.02. The van der Waals surface area contributed by atoms with Crippen LogP contribution in [-0.2, 0) is 4.74 Å². The van der Waals surface area contributed by atoms with Gasteiger partial charge in [0, 0.05) is 5.69 Å². The smallest absolute Gasteiger partial charge is 0.411 e. The molecule has 14 heavy (non-hydrogen) atoms. The number of benzene rings is 1. The third-order valence-electron chi connectivity index (χ3n) is 1.47. The van der Waals surface area contributed by atoms with Crippen LogP contribution < -0.4 is 5.32 Å². The molecule has 0 saturated carbocycles. The Hall–Kier alpha value is -1.77. The molecule has 0 bridgehead atoms. The maximum Gasteiger partial charge on any atom is 0.411 e. The molecule has 1 aromatic rings. The quantitative estimate of drug-likeness (QED) is 0.746. The molecule has 74 valence electrons. The SMILES string of the molecule is C=C(C)COC(=O)Nc1ccccc1. The molecule has 0 atom stereocenters. The molecule has 1 aromatic carbocycles. The molecule has 0 heterocycles. The van der Waals surface area contributed by atoms with E-state index in [0.717, 1.165) is 11.3 Å². The number of anilines is 1. The van der Waals surface area contributed by atoms with E-state index in [0.29, 0.717) is 0 Å². The van der Waals surface area contributed by atoms with E-state index in [1.54, 1.807) is 19.1 Å². The van der Waals surface area contributed by atoms with Gasteiger partial charge in [-0.1, -0.05) is 24.8 Å². The summed E-state index contributed by atoms with van der Waals surface area (Å²) in [6.07, 6.45) is -0.459. The van der Waals surface area contributed by atoms with Gasteiger partial charge in [0.15, 0.2) is 0 Å². The van der Waals surface area contributed by atoms with E-state index in [-0.39, 0.29) is 6.61 Å². The van der Waals surface area contributed by atoms with Gasteiger partial charge < -0.3 is 4.74 Å². The predicted molar refractivity (Wildman–Crippen MR) is 56.2 cm³/mol. The summed E-state index contributed by atoms with van der Waals surface area (Å²) in [6.45, 7) is 5.68. The summed E-state index contributed by atoms with van der Waals surface area (Å²) in [5, 5.41) is 2.60. The highest BCUT2D eigenvalue weighted by Gasteiger charge is 2.01. The molecule has 0 saturated heterocycles. The third-order valence-corrected chi connectivity index (χ3v) is 1.47. The topological polar surface area (TPSA) is 38.3 Å². The molecule has 0 aliphatic rings. The fraction of sp³-hybridized carbons (Fsp3) is 0.182. The first kappa shape index (κ1) is 10.3. The number of amides is 1. The maximum absolute atomic E-state index is 11.1. The van der Waals surface area contributed by atoms with E-state index >= 15 is 0 Å². The number of nitrogens with one attached hydrogen (secondary N) is 1. The minimum absolute atomic E-state index is 0.249. The van der Waals surface area contributed by atoms with Gasteiger partial charge in [0.2, 0.25) is 0 Å². The Kier molecular flexibility index (Phi) is 3.73.